The van der Waals surface area contributed by atoms with E-state index in [9.17, 15) is 13.2 Å². The van der Waals surface area contributed by atoms with Crippen molar-refractivity contribution in [2.24, 2.45) is 0 Å². The highest BCUT2D eigenvalue weighted by Gasteiger charge is 2.27. The van der Waals surface area contributed by atoms with E-state index in [2.05, 4.69) is 4.72 Å². The molecule has 1 atom stereocenters. The van der Waals surface area contributed by atoms with Gasteiger partial charge < -0.3 is 9.84 Å². The van der Waals surface area contributed by atoms with Gasteiger partial charge in [-0.2, -0.15) is 0 Å². The first-order valence-corrected chi connectivity index (χ1v) is 10.4. The van der Waals surface area contributed by atoms with Crippen molar-refractivity contribution in [3.63, 3.8) is 0 Å². The average Bonchev–Trinajstić information content (AvgIpc) is 3.06. The Balaban J connectivity index is 1.49. The van der Waals surface area contributed by atoms with Crippen LogP contribution in [-0.2, 0) is 27.7 Å². The summed E-state index contributed by atoms with van der Waals surface area (Å²) in [5.74, 6) is -0.569. The average molecular weight is 397 g/mol. The number of aliphatic carboxylic acids is 1. The van der Waals surface area contributed by atoms with Gasteiger partial charge in [-0.1, -0.05) is 36.4 Å². The summed E-state index contributed by atoms with van der Waals surface area (Å²) in [6.45, 7) is -0.406. The lowest BCUT2D eigenvalue weighted by Crippen LogP contribution is -2.35. The summed E-state index contributed by atoms with van der Waals surface area (Å²) in [6, 6.07) is 17.8. The summed E-state index contributed by atoms with van der Waals surface area (Å²) in [5, 5.41) is 10.6. The predicted molar refractivity (Wildman–Crippen MR) is 105 cm³/mol. The Morgan fingerprint density at radius 1 is 1.00 bits per heavy atom. The summed E-state index contributed by atoms with van der Waals surface area (Å²) < 4.78 is 33.6. The van der Waals surface area contributed by atoms with Gasteiger partial charge in [-0.05, 0) is 59.0 Å². The molecule has 0 spiro atoms. The quantitative estimate of drug-likeness (QED) is 0.667. The van der Waals surface area contributed by atoms with Crippen LogP contribution < -0.4 is 9.46 Å². The molecule has 0 radical (unpaired) electrons. The van der Waals surface area contributed by atoms with E-state index >= 15 is 0 Å². The SMILES string of the molecule is O=C(O)COc1ccc2c(c1)CC(NS(=O)(=O)c1ccc3ccccc3c1)C2. The molecule has 0 amide bonds. The van der Waals surface area contributed by atoms with Gasteiger partial charge in [0.15, 0.2) is 6.61 Å². The summed E-state index contributed by atoms with van der Waals surface area (Å²) in [4.78, 5) is 10.9. The van der Waals surface area contributed by atoms with Crippen LogP contribution in [0, 0.1) is 0 Å². The minimum Gasteiger partial charge on any atom is -0.482 e. The minimum absolute atomic E-state index is 0.243. The molecule has 28 heavy (non-hydrogen) atoms. The standard InChI is InChI=1S/C21H19NO5S/c23-21(24)13-27-19-7-5-16-9-18(10-17(16)11-19)22-28(25,26)20-8-6-14-3-1-2-4-15(14)12-20/h1-8,11-12,18,22H,9-10,13H2,(H,23,24). The van der Waals surface area contributed by atoms with E-state index in [1.165, 1.54) is 0 Å². The molecule has 0 aromatic heterocycles. The fourth-order valence-corrected chi connectivity index (χ4v) is 4.81. The second-order valence-electron chi connectivity index (χ2n) is 6.85. The smallest absolute Gasteiger partial charge is 0.341 e. The Labute approximate surface area is 162 Å². The van der Waals surface area contributed by atoms with Crippen LogP contribution >= 0.6 is 0 Å². The molecular weight excluding hydrogens is 378 g/mol. The molecule has 144 valence electrons. The molecule has 3 aromatic rings. The van der Waals surface area contributed by atoms with Gasteiger partial charge in [0.25, 0.3) is 0 Å². The molecule has 6 nitrogen and oxygen atoms in total. The predicted octanol–water partition coefficient (Wildman–Crippen LogP) is 2.75. The van der Waals surface area contributed by atoms with Crippen LogP contribution in [-0.4, -0.2) is 32.1 Å². The second-order valence-corrected chi connectivity index (χ2v) is 8.56. The first-order valence-electron chi connectivity index (χ1n) is 8.88. The summed E-state index contributed by atoms with van der Waals surface area (Å²) in [5.41, 5.74) is 2.00. The molecule has 1 unspecified atom stereocenters. The number of ether oxygens (including phenoxy) is 1. The highest BCUT2D eigenvalue weighted by atomic mass is 32.2. The zero-order valence-corrected chi connectivity index (χ0v) is 15.8. The molecule has 0 bridgehead atoms. The van der Waals surface area contributed by atoms with E-state index in [1.807, 2.05) is 30.3 Å². The molecular formula is C21H19NO5S. The molecule has 1 aliphatic rings. The van der Waals surface area contributed by atoms with Crippen LogP contribution in [0.4, 0.5) is 0 Å². The molecule has 4 rings (SSSR count). The lowest BCUT2D eigenvalue weighted by molar-refractivity contribution is -0.139. The van der Waals surface area contributed by atoms with Crippen LogP contribution in [0.5, 0.6) is 5.75 Å². The van der Waals surface area contributed by atoms with Crippen LogP contribution in [0.2, 0.25) is 0 Å². The number of rotatable bonds is 6. The minimum atomic E-state index is -3.64. The Morgan fingerprint density at radius 3 is 2.54 bits per heavy atom. The van der Waals surface area contributed by atoms with Crippen LogP contribution in [0.25, 0.3) is 10.8 Å². The van der Waals surface area contributed by atoms with E-state index in [1.54, 1.807) is 30.3 Å². The monoisotopic (exact) mass is 397 g/mol. The van der Waals surface area contributed by atoms with Crippen molar-refractivity contribution in [2.45, 2.75) is 23.8 Å². The van der Waals surface area contributed by atoms with Gasteiger partial charge in [0, 0.05) is 6.04 Å². The van der Waals surface area contributed by atoms with Gasteiger partial charge in [-0.3, -0.25) is 0 Å². The maximum atomic E-state index is 12.8. The zero-order valence-electron chi connectivity index (χ0n) is 15.0. The maximum Gasteiger partial charge on any atom is 0.341 e. The zero-order chi connectivity index (χ0) is 19.7. The van der Waals surface area contributed by atoms with E-state index in [0.717, 1.165) is 21.9 Å². The number of nitrogens with one attached hydrogen (secondary N) is 1. The third-order valence-electron chi connectivity index (χ3n) is 4.83. The van der Waals surface area contributed by atoms with Crippen LogP contribution in [0.3, 0.4) is 0 Å². The molecule has 0 heterocycles. The molecule has 2 N–H and O–H groups in total. The molecule has 0 saturated heterocycles. The lowest BCUT2D eigenvalue weighted by atomic mass is 10.1. The normalized spacial score (nSPS) is 16.1. The Bertz CT molecular complexity index is 1160. The molecule has 0 fully saturated rings. The second kappa shape index (κ2) is 7.26. The third kappa shape index (κ3) is 3.85. The van der Waals surface area contributed by atoms with Crippen molar-refractivity contribution >= 4 is 26.8 Å². The van der Waals surface area contributed by atoms with Crippen LogP contribution in [0.15, 0.2) is 65.6 Å². The van der Waals surface area contributed by atoms with E-state index < -0.39 is 22.6 Å². The summed E-state index contributed by atoms with van der Waals surface area (Å²) in [7, 11) is -3.64. The highest BCUT2D eigenvalue weighted by Crippen LogP contribution is 2.28. The number of hydrogen-bond acceptors (Lipinski definition) is 4. The lowest BCUT2D eigenvalue weighted by Gasteiger charge is -2.13. The molecule has 1 aliphatic carbocycles. The van der Waals surface area contributed by atoms with Crippen molar-refractivity contribution < 1.29 is 23.1 Å². The van der Waals surface area contributed by atoms with Crippen molar-refractivity contribution in [1.82, 2.24) is 4.72 Å². The van der Waals surface area contributed by atoms with Gasteiger partial charge in [0.2, 0.25) is 10.0 Å². The largest absolute Gasteiger partial charge is 0.482 e. The molecule has 0 saturated carbocycles. The van der Waals surface area contributed by atoms with Gasteiger partial charge in [-0.15, -0.1) is 0 Å². The van der Waals surface area contributed by atoms with E-state index in [0.29, 0.717) is 18.6 Å². The number of carboxylic acids is 1. The van der Waals surface area contributed by atoms with Crippen molar-refractivity contribution in [2.75, 3.05) is 6.61 Å². The van der Waals surface area contributed by atoms with E-state index in [4.69, 9.17) is 9.84 Å². The van der Waals surface area contributed by atoms with Gasteiger partial charge in [0.1, 0.15) is 5.75 Å². The number of fused-ring (bicyclic) bond motifs is 2. The topological polar surface area (TPSA) is 92.7 Å². The van der Waals surface area contributed by atoms with Gasteiger partial charge >= 0.3 is 5.97 Å². The summed E-state index contributed by atoms with van der Waals surface area (Å²) >= 11 is 0. The Hall–Kier alpha value is -2.90. The fourth-order valence-electron chi connectivity index (χ4n) is 3.53. The number of carbonyl (C=O) groups is 1. The Morgan fingerprint density at radius 2 is 1.75 bits per heavy atom. The molecule has 0 aliphatic heterocycles. The first kappa shape index (κ1) is 18.5. The molecule has 3 aromatic carbocycles. The van der Waals surface area contributed by atoms with Crippen LogP contribution in [0.1, 0.15) is 11.1 Å². The highest BCUT2D eigenvalue weighted by molar-refractivity contribution is 7.89. The van der Waals surface area contributed by atoms with Crippen molar-refractivity contribution in [3.8, 4) is 5.75 Å². The maximum absolute atomic E-state index is 12.8. The number of carboxylic acid groups (broad SMARTS) is 1. The number of benzene rings is 3. The Kier molecular flexibility index (Phi) is 4.78. The number of hydrogen-bond donors (Lipinski definition) is 2. The fraction of sp³-hybridized carbons (Fsp3) is 0.190. The first-order chi connectivity index (χ1) is 13.4. The van der Waals surface area contributed by atoms with Gasteiger partial charge in [-0.25, -0.2) is 17.9 Å². The van der Waals surface area contributed by atoms with Crippen molar-refractivity contribution in [1.29, 1.82) is 0 Å². The van der Waals surface area contributed by atoms with E-state index in [-0.39, 0.29) is 10.9 Å². The van der Waals surface area contributed by atoms with Gasteiger partial charge in [0.05, 0.1) is 4.90 Å². The number of sulfonamides is 1. The summed E-state index contributed by atoms with van der Waals surface area (Å²) in [6.07, 6.45) is 1.12. The third-order valence-corrected chi connectivity index (χ3v) is 6.34. The van der Waals surface area contributed by atoms with Crippen molar-refractivity contribution in [3.05, 3.63) is 71.8 Å². The molecule has 7 heteroatoms.